The van der Waals surface area contributed by atoms with Crippen LogP contribution in [0, 0.1) is 19.3 Å². The van der Waals surface area contributed by atoms with Crippen molar-refractivity contribution in [1.82, 2.24) is 9.80 Å². The van der Waals surface area contributed by atoms with Crippen LogP contribution in [0.5, 0.6) is 0 Å². The van der Waals surface area contributed by atoms with Gasteiger partial charge in [-0.05, 0) is 74.6 Å². The second kappa shape index (κ2) is 8.13. The van der Waals surface area contributed by atoms with E-state index in [1.165, 1.54) is 11.1 Å². The Kier molecular flexibility index (Phi) is 5.77. The molecular weight excluding hydrogens is 352 g/mol. The second-order valence-corrected chi connectivity index (χ2v) is 9.22. The van der Waals surface area contributed by atoms with Crippen LogP contribution in [-0.4, -0.2) is 72.4 Å². The molecule has 3 saturated heterocycles. The van der Waals surface area contributed by atoms with E-state index in [4.69, 9.17) is 4.74 Å². The number of piperidine rings is 2. The number of carbonyl (C=O) groups excluding carboxylic acids is 1. The minimum atomic E-state index is -0.251. The standard InChI is InChI=1S/C23H34N2O3/c1-17-3-4-19(13-18(17)2)22(27)24-9-7-23(8-10-24)14-21(26)15-25(16-23)20-5-11-28-12-6-20/h3-4,13,20-21,26H,5-12,14-16H2,1-2H3. The highest BCUT2D eigenvalue weighted by Crippen LogP contribution is 2.41. The van der Waals surface area contributed by atoms with Gasteiger partial charge in [-0.3, -0.25) is 9.69 Å². The highest BCUT2D eigenvalue weighted by Gasteiger charge is 2.43. The number of benzene rings is 1. The lowest BCUT2D eigenvalue weighted by Crippen LogP contribution is -2.57. The summed E-state index contributed by atoms with van der Waals surface area (Å²) < 4.78 is 5.52. The molecule has 1 unspecified atom stereocenters. The smallest absolute Gasteiger partial charge is 0.253 e. The Bertz CT molecular complexity index is 706. The fourth-order valence-corrected chi connectivity index (χ4v) is 5.33. The summed E-state index contributed by atoms with van der Waals surface area (Å²) in [5.74, 6) is 0.149. The van der Waals surface area contributed by atoms with E-state index in [1.54, 1.807) is 0 Å². The molecule has 28 heavy (non-hydrogen) atoms. The van der Waals surface area contributed by atoms with Gasteiger partial charge in [-0.25, -0.2) is 0 Å². The number of aryl methyl sites for hydroxylation is 2. The van der Waals surface area contributed by atoms with Gasteiger partial charge in [0.1, 0.15) is 0 Å². The topological polar surface area (TPSA) is 53.0 Å². The van der Waals surface area contributed by atoms with Crippen LogP contribution in [-0.2, 0) is 4.74 Å². The molecule has 0 saturated carbocycles. The first-order valence-electron chi connectivity index (χ1n) is 10.8. The SMILES string of the molecule is Cc1ccc(C(=O)N2CCC3(CC2)CC(O)CN(C2CCOCC2)C3)cc1C. The molecule has 0 aromatic heterocycles. The minimum Gasteiger partial charge on any atom is -0.392 e. The van der Waals surface area contributed by atoms with Crippen LogP contribution in [0.3, 0.4) is 0 Å². The maximum atomic E-state index is 13.0. The molecule has 3 aliphatic heterocycles. The average molecular weight is 387 g/mol. The molecule has 1 N–H and O–H groups in total. The lowest BCUT2D eigenvalue weighted by atomic mass is 9.71. The Labute approximate surface area is 168 Å². The lowest BCUT2D eigenvalue weighted by molar-refractivity contribution is -0.0695. The molecule has 1 amide bonds. The molecule has 0 aliphatic carbocycles. The van der Waals surface area contributed by atoms with Gasteiger partial charge in [-0.2, -0.15) is 0 Å². The van der Waals surface area contributed by atoms with E-state index in [-0.39, 0.29) is 17.4 Å². The Hall–Kier alpha value is -1.43. The molecule has 0 bridgehead atoms. The first-order valence-corrected chi connectivity index (χ1v) is 10.8. The summed E-state index contributed by atoms with van der Waals surface area (Å²) in [7, 11) is 0. The number of rotatable bonds is 2. The molecule has 1 aromatic rings. The van der Waals surface area contributed by atoms with E-state index in [9.17, 15) is 9.90 Å². The van der Waals surface area contributed by atoms with E-state index in [2.05, 4.69) is 18.7 Å². The minimum absolute atomic E-state index is 0.149. The zero-order valence-corrected chi connectivity index (χ0v) is 17.3. The van der Waals surface area contributed by atoms with Crippen molar-refractivity contribution < 1.29 is 14.6 Å². The van der Waals surface area contributed by atoms with Gasteiger partial charge in [0.25, 0.3) is 5.91 Å². The summed E-state index contributed by atoms with van der Waals surface area (Å²) >= 11 is 0. The normalized spacial score (nSPS) is 26.5. The first-order chi connectivity index (χ1) is 13.5. The number of hydrogen-bond donors (Lipinski definition) is 1. The summed E-state index contributed by atoms with van der Waals surface area (Å²) in [5.41, 5.74) is 3.34. The zero-order valence-electron chi connectivity index (χ0n) is 17.3. The highest BCUT2D eigenvalue weighted by atomic mass is 16.5. The summed E-state index contributed by atoms with van der Waals surface area (Å²) in [6, 6.07) is 6.54. The van der Waals surface area contributed by atoms with Gasteiger partial charge in [0.15, 0.2) is 0 Å². The number of likely N-dealkylation sites (tertiary alicyclic amines) is 2. The molecule has 154 valence electrons. The molecule has 1 aromatic carbocycles. The lowest BCUT2D eigenvalue weighted by Gasteiger charge is -2.51. The molecule has 4 rings (SSSR count). The Balaban J connectivity index is 1.40. The van der Waals surface area contributed by atoms with Crippen molar-refractivity contribution in [1.29, 1.82) is 0 Å². The summed E-state index contributed by atoms with van der Waals surface area (Å²) in [5, 5.41) is 10.6. The first kappa shape index (κ1) is 19.9. The number of β-amino-alcohol motifs (C(OH)–C–C–N with tert-alkyl or cyclic N) is 1. The summed E-state index contributed by atoms with van der Waals surface area (Å²) in [6.45, 7) is 9.24. The average Bonchev–Trinajstić information content (AvgIpc) is 2.70. The van der Waals surface area contributed by atoms with E-state index in [1.807, 2.05) is 23.1 Å². The van der Waals surface area contributed by atoms with Crippen LogP contribution in [0.15, 0.2) is 18.2 Å². The number of amides is 1. The molecule has 3 aliphatic rings. The van der Waals surface area contributed by atoms with Gasteiger partial charge in [-0.15, -0.1) is 0 Å². The maximum Gasteiger partial charge on any atom is 0.253 e. The molecular formula is C23H34N2O3. The van der Waals surface area contributed by atoms with Crippen LogP contribution in [0.25, 0.3) is 0 Å². The predicted molar refractivity (Wildman–Crippen MR) is 110 cm³/mol. The summed E-state index contributed by atoms with van der Waals surface area (Å²) in [4.78, 5) is 17.5. The van der Waals surface area contributed by atoms with Crippen LogP contribution in [0.1, 0.15) is 53.6 Å². The number of ether oxygens (including phenoxy) is 1. The van der Waals surface area contributed by atoms with Gasteiger partial charge in [0, 0.05) is 51.0 Å². The third kappa shape index (κ3) is 4.12. The molecule has 1 atom stereocenters. The number of hydrogen-bond acceptors (Lipinski definition) is 4. The molecule has 5 nitrogen and oxygen atoms in total. The number of carbonyl (C=O) groups is 1. The fraction of sp³-hybridized carbons (Fsp3) is 0.696. The van der Waals surface area contributed by atoms with Crippen molar-refractivity contribution >= 4 is 5.91 Å². The van der Waals surface area contributed by atoms with Gasteiger partial charge in [0.2, 0.25) is 0 Å². The van der Waals surface area contributed by atoms with Crippen LogP contribution in [0.4, 0.5) is 0 Å². The van der Waals surface area contributed by atoms with Crippen LogP contribution >= 0.6 is 0 Å². The zero-order chi connectivity index (χ0) is 19.7. The van der Waals surface area contributed by atoms with Gasteiger partial charge in [-0.1, -0.05) is 6.07 Å². The predicted octanol–water partition coefficient (Wildman–Crippen LogP) is 2.77. The van der Waals surface area contributed by atoms with Gasteiger partial charge in [0.05, 0.1) is 6.10 Å². The molecule has 1 spiro atoms. The van der Waals surface area contributed by atoms with Crippen molar-refractivity contribution in [3.8, 4) is 0 Å². The Morgan fingerprint density at radius 1 is 1.14 bits per heavy atom. The van der Waals surface area contributed by atoms with E-state index < -0.39 is 0 Å². The third-order valence-corrected chi connectivity index (χ3v) is 7.22. The van der Waals surface area contributed by atoms with Crippen molar-refractivity contribution in [3.63, 3.8) is 0 Å². The van der Waals surface area contributed by atoms with E-state index in [0.717, 1.165) is 77.1 Å². The van der Waals surface area contributed by atoms with Crippen molar-refractivity contribution in [3.05, 3.63) is 34.9 Å². The van der Waals surface area contributed by atoms with Crippen LogP contribution < -0.4 is 0 Å². The Morgan fingerprint density at radius 3 is 2.54 bits per heavy atom. The Morgan fingerprint density at radius 2 is 1.86 bits per heavy atom. The van der Waals surface area contributed by atoms with E-state index >= 15 is 0 Å². The molecule has 3 fully saturated rings. The fourth-order valence-electron chi connectivity index (χ4n) is 5.33. The summed E-state index contributed by atoms with van der Waals surface area (Å²) in [6.07, 6.45) is 4.73. The van der Waals surface area contributed by atoms with Gasteiger partial charge < -0.3 is 14.7 Å². The third-order valence-electron chi connectivity index (χ3n) is 7.22. The monoisotopic (exact) mass is 386 g/mol. The van der Waals surface area contributed by atoms with Crippen LogP contribution in [0.2, 0.25) is 0 Å². The van der Waals surface area contributed by atoms with Crippen molar-refractivity contribution in [2.24, 2.45) is 5.41 Å². The number of aliphatic hydroxyl groups is 1. The molecule has 5 heteroatoms. The largest absolute Gasteiger partial charge is 0.392 e. The van der Waals surface area contributed by atoms with Crippen molar-refractivity contribution in [2.45, 2.75) is 58.1 Å². The van der Waals surface area contributed by atoms with E-state index in [0.29, 0.717) is 6.04 Å². The molecule has 0 radical (unpaired) electrons. The second-order valence-electron chi connectivity index (χ2n) is 9.22. The maximum absolute atomic E-state index is 13.0. The van der Waals surface area contributed by atoms with Crippen molar-refractivity contribution in [2.75, 3.05) is 39.4 Å². The quantitative estimate of drug-likeness (QED) is 0.849. The highest BCUT2D eigenvalue weighted by molar-refractivity contribution is 5.94. The number of aliphatic hydroxyl groups excluding tert-OH is 1. The number of nitrogens with zero attached hydrogens (tertiary/aromatic N) is 2. The van der Waals surface area contributed by atoms with Gasteiger partial charge >= 0.3 is 0 Å². The molecule has 3 heterocycles.